The number of ketones is 1. The monoisotopic (exact) mass is 389 g/mol. The van der Waals surface area contributed by atoms with Crippen molar-refractivity contribution in [2.24, 2.45) is 0 Å². The van der Waals surface area contributed by atoms with E-state index in [4.69, 9.17) is 0 Å². The largest absolute Gasteiger partial charge is 0.372 e. The number of aromatic nitrogens is 2. The molecule has 0 atom stereocenters. The lowest BCUT2D eigenvalue weighted by Crippen LogP contribution is -2.21. The number of Topliss-reactive ketones (excluding diaryl/α,β-unsaturated/α-hetero) is 1. The van der Waals surface area contributed by atoms with Gasteiger partial charge in [-0.1, -0.05) is 0 Å². The zero-order valence-corrected chi connectivity index (χ0v) is 17.4. The second-order valence-electron chi connectivity index (χ2n) is 6.82. The number of carbonyl (C=O) groups excluding carboxylic acids is 1. The summed E-state index contributed by atoms with van der Waals surface area (Å²) < 4.78 is 0. The Balaban J connectivity index is 1.73. The highest BCUT2D eigenvalue weighted by Crippen LogP contribution is 2.25. The lowest BCUT2D eigenvalue weighted by Gasteiger charge is -2.22. The van der Waals surface area contributed by atoms with Crippen LogP contribution in [0.3, 0.4) is 0 Å². The van der Waals surface area contributed by atoms with Crippen LogP contribution in [0, 0.1) is 6.92 Å². The molecular formula is C23H27N5O. The number of benzene rings is 2. The topological polar surface area (TPSA) is 70.2 Å². The van der Waals surface area contributed by atoms with Crippen LogP contribution in [0.4, 0.5) is 28.8 Å². The van der Waals surface area contributed by atoms with E-state index in [-0.39, 0.29) is 5.78 Å². The molecule has 1 heterocycles. The van der Waals surface area contributed by atoms with Crippen LogP contribution in [0.25, 0.3) is 0 Å². The third-order valence-corrected chi connectivity index (χ3v) is 4.80. The zero-order valence-electron chi connectivity index (χ0n) is 17.4. The summed E-state index contributed by atoms with van der Waals surface area (Å²) >= 11 is 0. The van der Waals surface area contributed by atoms with Crippen molar-refractivity contribution in [1.82, 2.24) is 9.97 Å². The molecule has 2 N–H and O–H groups in total. The number of aryl methyl sites for hydroxylation is 1. The molecule has 0 aliphatic carbocycles. The molecule has 0 unspecified atom stereocenters. The molecule has 6 nitrogen and oxygen atoms in total. The maximum Gasteiger partial charge on any atom is 0.229 e. The van der Waals surface area contributed by atoms with Crippen LogP contribution in [0.15, 0.2) is 54.7 Å². The Kier molecular flexibility index (Phi) is 6.44. The lowest BCUT2D eigenvalue weighted by molar-refractivity contribution is 0.101. The summed E-state index contributed by atoms with van der Waals surface area (Å²) in [7, 11) is 0. The number of hydrogen-bond acceptors (Lipinski definition) is 6. The average molecular weight is 390 g/mol. The molecule has 0 amide bonds. The molecular weight excluding hydrogens is 362 g/mol. The van der Waals surface area contributed by atoms with Crippen LogP contribution in [0.5, 0.6) is 0 Å². The van der Waals surface area contributed by atoms with Crippen LogP contribution in [-0.2, 0) is 0 Å². The highest BCUT2D eigenvalue weighted by atomic mass is 16.1. The Hall–Kier alpha value is -3.41. The van der Waals surface area contributed by atoms with E-state index in [1.165, 1.54) is 5.69 Å². The lowest BCUT2D eigenvalue weighted by atomic mass is 10.1. The Morgan fingerprint density at radius 2 is 1.72 bits per heavy atom. The number of carbonyl (C=O) groups is 1. The summed E-state index contributed by atoms with van der Waals surface area (Å²) in [6.07, 6.45) is 1.71. The van der Waals surface area contributed by atoms with Crippen molar-refractivity contribution >= 4 is 34.6 Å². The van der Waals surface area contributed by atoms with Gasteiger partial charge in [-0.3, -0.25) is 4.79 Å². The van der Waals surface area contributed by atoms with Gasteiger partial charge in [0.25, 0.3) is 0 Å². The van der Waals surface area contributed by atoms with Crippen LogP contribution >= 0.6 is 0 Å². The molecule has 29 heavy (non-hydrogen) atoms. The van der Waals surface area contributed by atoms with Crippen molar-refractivity contribution in [3.05, 3.63) is 65.9 Å². The van der Waals surface area contributed by atoms with Crippen LogP contribution in [0.1, 0.15) is 36.7 Å². The molecule has 3 aromatic rings. The first-order valence-electron chi connectivity index (χ1n) is 9.83. The summed E-state index contributed by atoms with van der Waals surface area (Å²) in [5.41, 5.74) is 4.89. The van der Waals surface area contributed by atoms with Crippen molar-refractivity contribution in [2.75, 3.05) is 28.6 Å². The molecule has 0 aliphatic rings. The summed E-state index contributed by atoms with van der Waals surface area (Å²) in [5, 5.41) is 6.54. The van der Waals surface area contributed by atoms with Crippen molar-refractivity contribution in [2.45, 2.75) is 27.7 Å². The highest BCUT2D eigenvalue weighted by Gasteiger charge is 2.07. The second kappa shape index (κ2) is 9.19. The van der Waals surface area contributed by atoms with Gasteiger partial charge in [0.1, 0.15) is 5.82 Å². The number of anilines is 5. The van der Waals surface area contributed by atoms with Gasteiger partial charge in [-0.15, -0.1) is 0 Å². The number of hydrogen-bond donors (Lipinski definition) is 2. The van der Waals surface area contributed by atoms with Gasteiger partial charge in [0.05, 0.1) is 0 Å². The first-order chi connectivity index (χ1) is 14.0. The van der Waals surface area contributed by atoms with E-state index in [1.54, 1.807) is 25.3 Å². The Labute approximate surface area is 172 Å². The summed E-state index contributed by atoms with van der Waals surface area (Å²) in [4.78, 5) is 22.5. The first-order valence-corrected chi connectivity index (χ1v) is 9.83. The maximum atomic E-state index is 11.4. The van der Waals surface area contributed by atoms with Gasteiger partial charge in [0, 0.05) is 41.9 Å². The smallest absolute Gasteiger partial charge is 0.229 e. The third kappa shape index (κ3) is 5.10. The first kappa shape index (κ1) is 20.3. The van der Waals surface area contributed by atoms with Crippen LogP contribution < -0.4 is 15.5 Å². The van der Waals surface area contributed by atoms with E-state index >= 15 is 0 Å². The van der Waals surface area contributed by atoms with Crippen LogP contribution in [-0.4, -0.2) is 28.8 Å². The second-order valence-corrected chi connectivity index (χ2v) is 6.82. The van der Waals surface area contributed by atoms with Gasteiger partial charge in [0.15, 0.2) is 5.78 Å². The van der Waals surface area contributed by atoms with Crippen molar-refractivity contribution in [1.29, 1.82) is 0 Å². The number of nitrogens with zero attached hydrogens (tertiary/aromatic N) is 3. The molecule has 3 rings (SSSR count). The fourth-order valence-corrected chi connectivity index (χ4v) is 3.12. The molecule has 0 aliphatic heterocycles. The molecule has 1 aromatic heterocycles. The Morgan fingerprint density at radius 3 is 2.34 bits per heavy atom. The van der Waals surface area contributed by atoms with E-state index in [0.29, 0.717) is 17.3 Å². The molecule has 0 spiro atoms. The third-order valence-electron chi connectivity index (χ3n) is 4.80. The minimum Gasteiger partial charge on any atom is -0.372 e. The molecule has 0 radical (unpaired) electrons. The molecule has 0 fully saturated rings. The molecule has 0 saturated carbocycles. The maximum absolute atomic E-state index is 11.4. The van der Waals surface area contributed by atoms with Gasteiger partial charge < -0.3 is 15.5 Å². The Morgan fingerprint density at radius 1 is 1.00 bits per heavy atom. The fraction of sp³-hybridized carbons (Fsp3) is 0.261. The number of nitrogens with one attached hydrogen (secondary N) is 2. The summed E-state index contributed by atoms with van der Waals surface area (Å²) in [5.74, 6) is 1.24. The van der Waals surface area contributed by atoms with Gasteiger partial charge in [-0.05, 0) is 81.8 Å². The summed E-state index contributed by atoms with van der Waals surface area (Å²) in [6, 6.07) is 15.5. The van der Waals surface area contributed by atoms with Gasteiger partial charge >= 0.3 is 0 Å². The molecule has 6 heteroatoms. The minimum absolute atomic E-state index is 0.0429. The number of rotatable bonds is 8. The predicted molar refractivity (Wildman–Crippen MR) is 120 cm³/mol. The van der Waals surface area contributed by atoms with Crippen molar-refractivity contribution in [3.8, 4) is 0 Å². The molecule has 2 aromatic carbocycles. The average Bonchev–Trinajstić information content (AvgIpc) is 2.71. The van der Waals surface area contributed by atoms with Crippen LogP contribution in [0.2, 0.25) is 0 Å². The molecule has 0 bridgehead atoms. The molecule has 0 saturated heterocycles. The standard InChI is InChI=1S/C23H27N5O/c1-5-28(6-2)20-11-12-21(16(3)15-20)26-22-13-14-24-23(27-22)25-19-9-7-18(8-10-19)17(4)29/h7-15H,5-6H2,1-4H3,(H2,24,25,26,27). The quantitative estimate of drug-likeness (QED) is 0.508. The fourth-order valence-electron chi connectivity index (χ4n) is 3.12. The normalized spacial score (nSPS) is 10.5. The molecule has 150 valence electrons. The zero-order chi connectivity index (χ0) is 20.8. The Bertz CT molecular complexity index is 981. The van der Waals surface area contributed by atoms with Crippen molar-refractivity contribution < 1.29 is 4.79 Å². The SMILES string of the molecule is CCN(CC)c1ccc(Nc2ccnc(Nc3ccc(C(C)=O)cc3)n2)c(C)c1. The van der Waals surface area contributed by atoms with E-state index in [1.807, 2.05) is 18.2 Å². The van der Waals surface area contributed by atoms with E-state index in [9.17, 15) is 4.79 Å². The van der Waals surface area contributed by atoms with Gasteiger partial charge in [-0.25, -0.2) is 4.98 Å². The van der Waals surface area contributed by atoms with E-state index < -0.39 is 0 Å². The minimum atomic E-state index is 0.0429. The predicted octanol–water partition coefficient (Wildman–Crippen LogP) is 5.32. The van der Waals surface area contributed by atoms with E-state index in [2.05, 4.69) is 64.5 Å². The summed E-state index contributed by atoms with van der Waals surface area (Å²) in [6.45, 7) is 9.93. The van der Waals surface area contributed by atoms with Crippen molar-refractivity contribution in [3.63, 3.8) is 0 Å². The van der Waals surface area contributed by atoms with Gasteiger partial charge in [-0.2, -0.15) is 4.98 Å². The van der Waals surface area contributed by atoms with Gasteiger partial charge in [0.2, 0.25) is 5.95 Å². The highest BCUT2D eigenvalue weighted by molar-refractivity contribution is 5.94. The van der Waals surface area contributed by atoms with E-state index in [0.717, 1.165) is 30.0 Å².